The van der Waals surface area contributed by atoms with E-state index >= 15 is 0 Å². The van der Waals surface area contributed by atoms with Crippen molar-refractivity contribution in [3.8, 4) is 11.5 Å². The Balaban J connectivity index is 1.84. The number of hydrogen-bond donors (Lipinski definition) is 0. The molecule has 1 aromatic heterocycles. The van der Waals surface area contributed by atoms with Gasteiger partial charge in [-0.1, -0.05) is 23.3 Å². The van der Waals surface area contributed by atoms with Crippen LogP contribution < -0.4 is 4.90 Å². The summed E-state index contributed by atoms with van der Waals surface area (Å²) in [5.41, 5.74) is 0.835. The summed E-state index contributed by atoms with van der Waals surface area (Å²) in [7, 11) is 0. The Morgan fingerprint density at radius 1 is 1.32 bits per heavy atom. The van der Waals surface area contributed by atoms with Gasteiger partial charge in [0.05, 0.1) is 0 Å². The van der Waals surface area contributed by atoms with Gasteiger partial charge in [0.2, 0.25) is 11.8 Å². The van der Waals surface area contributed by atoms with Gasteiger partial charge in [0.25, 0.3) is 0 Å². The second-order valence-electron chi connectivity index (χ2n) is 4.48. The molecule has 2 aromatic rings. The number of alkyl halides is 1. The summed E-state index contributed by atoms with van der Waals surface area (Å²) in [6, 6.07) is 9.70. The summed E-state index contributed by atoms with van der Waals surface area (Å²) >= 11 is 5.78. The Morgan fingerprint density at radius 3 is 2.79 bits per heavy atom. The molecular formula is C13H12ClN3O2. The zero-order chi connectivity index (χ0) is 13.2. The molecule has 19 heavy (non-hydrogen) atoms. The smallest absolute Gasteiger partial charge is 0.325 e. The molecule has 0 saturated carbocycles. The van der Waals surface area contributed by atoms with Gasteiger partial charge in [0, 0.05) is 24.4 Å². The summed E-state index contributed by atoms with van der Waals surface area (Å²) in [6.07, 6.45) is 0.437. The number of benzene rings is 1. The minimum Gasteiger partial charge on any atom is -0.403 e. The first-order chi connectivity index (χ1) is 9.28. The number of carbonyl (C=O) groups is 1. The molecule has 1 amide bonds. The summed E-state index contributed by atoms with van der Waals surface area (Å²) < 4.78 is 5.56. The van der Waals surface area contributed by atoms with Gasteiger partial charge >= 0.3 is 6.01 Å². The van der Waals surface area contributed by atoms with Crippen LogP contribution in [-0.2, 0) is 4.79 Å². The van der Waals surface area contributed by atoms with E-state index in [0.717, 1.165) is 5.56 Å². The zero-order valence-electron chi connectivity index (χ0n) is 10.1. The van der Waals surface area contributed by atoms with Crippen molar-refractivity contribution in [1.29, 1.82) is 0 Å². The van der Waals surface area contributed by atoms with E-state index in [2.05, 4.69) is 10.2 Å². The molecule has 0 bridgehead atoms. The third-order valence-electron chi connectivity index (χ3n) is 3.09. The van der Waals surface area contributed by atoms with Gasteiger partial charge in [-0.15, -0.1) is 16.7 Å². The molecule has 5 nitrogen and oxygen atoms in total. The Hall–Kier alpha value is -1.88. The summed E-state index contributed by atoms with van der Waals surface area (Å²) in [4.78, 5) is 13.3. The lowest BCUT2D eigenvalue weighted by Crippen LogP contribution is -2.24. The van der Waals surface area contributed by atoms with Crippen molar-refractivity contribution in [2.45, 2.75) is 6.42 Å². The van der Waals surface area contributed by atoms with Crippen LogP contribution in [0.4, 0.5) is 6.01 Å². The van der Waals surface area contributed by atoms with Crippen LogP contribution in [0.2, 0.25) is 0 Å². The molecule has 1 atom stereocenters. The van der Waals surface area contributed by atoms with Crippen LogP contribution in [0.25, 0.3) is 11.5 Å². The molecule has 3 rings (SSSR count). The summed E-state index contributed by atoms with van der Waals surface area (Å²) in [5.74, 6) is 1.01. The molecule has 1 unspecified atom stereocenters. The van der Waals surface area contributed by atoms with E-state index < -0.39 is 0 Å². The fraction of sp³-hybridized carbons (Fsp3) is 0.308. The lowest BCUT2D eigenvalue weighted by atomic mass is 10.2. The number of hydrogen-bond acceptors (Lipinski definition) is 4. The van der Waals surface area contributed by atoms with E-state index in [1.165, 1.54) is 4.90 Å². The molecule has 1 fully saturated rings. The topological polar surface area (TPSA) is 59.2 Å². The predicted octanol–water partition coefficient (Wildman–Crippen LogP) is 2.33. The van der Waals surface area contributed by atoms with Crippen LogP contribution in [0.3, 0.4) is 0 Å². The molecule has 0 radical (unpaired) electrons. The molecule has 2 heterocycles. The lowest BCUT2D eigenvalue weighted by Gasteiger charge is -2.09. The SMILES string of the molecule is O=C1CC(CCl)CN1c1nnc(-c2ccccc2)o1. The van der Waals surface area contributed by atoms with E-state index in [0.29, 0.717) is 24.7 Å². The van der Waals surface area contributed by atoms with Gasteiger partial charge in [-0.25, -0.2) is 0 Å². The Bertz CT molecular complexity index is 585. The standard InChI is InChI=1S/C13H12ClN3O2/c14-7-9-6-11(18)17(8-9)13-16-15-12(19-13)10-4-2-1-3-5-10/h1-5,9H,6-8H2. The van der Waals surface area contributed by atoms with Crippen molar-refractivity contribution in [1.82, 2.24) is 10.2 Å². The van der Waals surface area contributed by atoms with Crippen molar-refractivity contribution in [2.75, 3.05) is 17.3 Å². The maximum absolute atomic E-state index is 11.8. The number of aromatic nitrogens is 2. The fourth-order valence-electron chi connectivity index (χ4n) is 2.09. The normalized spacial score (nSPS) is 19.1. The average Bonchev–Trinajstić information content (AvgIpc) is 3.06. The minimum atomic E-state index is -0.0195. The highest BCUT2D eigenvalue weighted by atomic mass is 35.5. The zero-order valence-corrected chi connectivity index (χ0v) is 10.9. The van der Waals surface area contributed by atoms with E-state index in [1.807, 2.05) is 30.3 Å². The van der Waals surface area contributed by atoms with Crippen LogP contribution in [0.1, 0.15) is 6.42 Å². The number of carbonyl (C=O) groups excluding carboxylic acids is 1. The first kappa shape index (κ1) is 12.2. The van der Waals surface area contributed by atoms with Crippen LogP contribution in [0, 0.1) is 5.92 Å². The molecule has 6 heteroatoms. The quantitative estimate of drug-likeness (QED) is 0.808. The van der Waals surface area contributed by atoms with Crippen LogP contribution in [0.15, 0.2) is 34.7 Å². The number of rotatable bonds is 3. The molecule has 1 aromatic carbocycles. The first-order valence-electron chi connectivity index (χ1n) is 6.03. The van der Waals surface area contributed by atoms with Gasteiger partial charge in [-0.05, 0) is 18.1 Å². The van der Waals surface area contributed by atoms with Crippen LogP contribution in [0.5, 0.6) is 0 Å². The van der Waals surface area contributed by atoms with Gasteiger partial charge in [0.1, 0.15) is 0 Å². The molecule has 0 aliphatic carbocycles. The van der Waals surface area contributed by atoms with Gasteiger partial charge in [-0.3, -0.25) is 9.69 Å². The van der Waals surface area contributed by atoms with Crippen molar-refractivity contribution in [3.05, 3.63) is 30.3 Å². The summed E-state index contributed by atoms with van der Waals surface area (Å²) in [5, 5.41) is 7.91. The highest BCUT2D eigenvalue weighted by Crippen LogP contribution is 2.27. The summed E-state index contributed by atoms with van der Waals surface area (Å²) in [6.45, 7) is 0.540. The Kier molecular flexibility index (Phi) is 3.21. The number of amides is 1. The van der Waals surface area contributed by atoms with E-state index in [4.69, 9.17) is 16.0 Å². The van der Waals surface area contributed by atoms with Crippen molar-refractivity contribution >= 4 is 23.5 Å². The Morgan fingerprint density at radius 2 is 2.11 bits per heavy atom. The number of nitrogens with zero attached hydrogens (tertiary/aromatic N) is 3. The van der Waals surface area contributed by atoms with Crippen molar-refractivity contribution < 1.29 is 9.21 Å². The van der Waals surface area contributed by atoms with Gasteiger partial charge < -0.3 is 4.42 Å². The molecule has 98 valence electrons. The minimum absolute atomic E-state index is 0.0195. The number of halogens is 1. The molecule has 1 saturated heterocycles. The highest BCUT2D eigenvalue weighted by Gasteiger charge is 2.33. The van der Waals surface area contributed by atoms with Crippen molar-refractivity contribution in [2.24, 2.45) is 5.92 Å². The first-order valence-corrected chi connectivity index (χ1v) is 6.56. The van der Waals surface area contributed by atoms with E-state index in [1.54, 1.807) is 0 Å². The second kappa shape index (κ2) is 5.01. The average molecular weight is 278 g/mol. The Labute approximate surface area is 115 Å². The molecule has 1 aliphatic rings. The van der Waals surface area contributed by atoms with E-state index in [9.17, 15) is 4.79 Å². The van der Waals surface area contributed by atoms with Gasteiger partial charge in [-0.2, -0.15) is 0 Å². The molecule has 0 N–H and O–H groups in total. The lowest BCUT2D eigenvalue weighted by molar-refractivity contribution is -0.117. The van der Waals surface area contributed by atoms with Crippen LogP contribution in [-0.4, -0.2) is 28.5 Å². The molecular weight excluding hydrogens is 266 g/mol. The van der Waals surface area contributed by atoms with Crippen molar-refractivity contribution in [3.63, 3.8) is 0 Å². The predicted molar refractivity (Wildman–Crippen MR) is 70.9 cm³/mol. The van der Waals surface area contributed by atoms with E-state index in [-0.39, 0.29) is 17.8 Å². The second-order valence-corrected chi connectivity index (χ2v) is 4.79. The maximum Gasteiger partial charge on any atom is 0.325 e. The highest BCUT2D eigenvalue weighted by molar-refractivity contribution is 6.18. The maximum atomic E-state index is 11.8. The fourth-order valence-corrected chi connectivity index (χ4v) is 2.30. The third kappa shape index (κ3) is 2.33. The molecule has 1 aliphatic heterocycles. The largest absolute Gasteiger partial charge is 0.403 e. The third-order valence-corrected chi connectivity index (χ3v) is 3.53. The van der Waals surface area contributed by atoms with Gasteiger partial charge in [0.15, 0.2) is 0 Å². The van der Waals surface area contributed by atoms with Crippen LogP contribution >= 0.6 is 11.6 Å². The molecule has 0 spiro atoms. The number of anilines is 1. The monoisotopic (exact) mass is 277 g/mol.